The maximum Gasteiger partial charge on any atom is 0.276 e. The predicted octanol–water partition coefficient (Wildman–Crippen LogP) is 0.490. The van der Waals surface area contributed by atoms with Crippen LogP contribution in [0.1, 0.15) is 12.0 Å². The van der Waals surface area contributed by atoms with Crippen LogP contribution < -0.4 is 9.88 Å². The van der Waals surface area contributed by atoms with E-state index in [0.29, 0.717) is 26.1 Å². The smallest absolute Gasteiger partial charge is 0.276 e. The van der Waals surface area contributed by atoms with Gasteiger partial charge in [0.05, 0.1) is 19.8 Å². The number of nitrogens with zero attached hydrogens (tertiary/aromatic N) is 1. The highest BCUT2D eigenvalue weighted by Crippen LogP contribution is 2.17. The molecule has 6 nitrogen and oxygen atoms in total. The minimum Gasteiger partial charge on any atom is -0.497 e. The molecule has 1 saturated heterocycles. The Balaban J connectivity index is 1.83. The normalized spacial score (nSPS) is 20.6. The van der Waals surface area contributed by atoms with Crippen LogP contribution in [-0.2, 0) is 21.6 Å². The van der Waals surface area contributed by atoms with Crippen LogP contribution in [0.25, 0.3) is 0 Å². The Morgan fingerprint density at radius 2 is 2.05 bits per heavy atom. The standard InChI is InChI=1S/C12H18N2O4S/c1-17-11-4-2-10(3-5-11)9-18-12-6-7-14(8-12)19(13,15)16/h2-5,12H,6-9H2,1H3,(H2,13,15,16)/t12-/m0/s1. The molecule has 7 heteroatoms. The molecule has 1 aliphatic heterocycles. The Morgan fingerprint density at radius 1 is 1.37 bits per heavy atom. The molecule has 1 aliphatic rings. The summed E-state index contributed by atoms with van der Waals surface area (Å²) in [5, 5.41) is 5.07. The fourth-order valence-electron chi connectivity index (χ4n) is 2.00. The zero-order valence-electron chi connectivity index (χ0n) is 10.8. The van der Waals surface area contributed by atoms with Gasteiger partial charge in [-0.05, 0) is 24.1 Å². The largest absolute Gasteiger partial charge is 0.497 e. The highest BCUT2D eigenvalue weighted by atomic mass is 32.2. The first kappa shape index (κ1) is 14.3. The van der Waals surface area contributed by atoms with E-state index >= 15 is 0 Å². The molecule has 1 atom stereocenters. The monoisotopic (exact) mass is 286 g/mol. The second-order valence-corrected chi connectivity index (χ2v) is 6.02. The molecule has 2 rings (SSSR count). The third kappa shape index (κ3) is 3.90. The lowest BCUT2D eigenvalue weighted by Crippen LogP contribution is -2.35. The summed E-state index contributed by atoms with van der Waals surface area (Å²) in [7, 11) is -1.97. The predicted molar refractivity (Wildman–Crippen MR) is 70.9 cm³/mol. The van der Waals surface area contributed by atoms with Gasteiger partial charge < -0.3 is 9.47 Å². The van der Waals surface area contributed by atoms with E-state index in [0.717, 1.165) is 11.3 Å². The summed E-state index contributed by atoms with van der Waals surface area (Å²) in [6.07, 6.45) is 0.576. The van der Waals surface area contributed by atoms with Gasteiger partial charge in [0.1, 0.15) is 5.75 Å². The summed E-state index contributed by atoms with van der Waals surface area (Å²) >= 11 is 0. The Bertz CT molecular complexity index is 515. The summed E-state index contributed by atoms with van der Waals surface area (Å²) in [4.78, 5) is 0. The lowest BCUT2D eigenvalue weighted by Gasteiger charge is -2.13. The third-order valence-electron chi connectivity index (χ3n) is 3.11. The number of ether oxygens (including phenoxy) is 2. The van der Waals surface area contributed by atoms with Crippen molar-refractivity contribution in [1.82, 2.24) is 4.31 Å². The number of benzene rings is 1. The Hall–Kier alpha value is -1.15. The van der Waals surface area contributed by atoms with Gasteiger partial charge in [-0.1, -0.05) is 12.1 Å². The van der Waals surface area contributed by atoms with Gasteiger partial charge in [0.2, 0.25) is 0 Å². The zero-order chi connectivity index (χ0) is 13.9. The van der Waals surface area contributed by atoms with E-state index in [4.69, 9.17) is 14.6 Å². The van der Waals surface area contributed by atoms with E-state index < -0.39 is 10.2 Å². The summed E-state index contributed by atoms with van der Waals surface area (Å²) < 4.78 is 34.3. The molecular formula is C12H18N2O4S. The van der Waals surface area contributed by atoms with Crippen molar-refractivity contribution in [3.8, 4) is 5.75 Å². The first-order valence-corrected chi connectivity index (χ1v) is 7.52. The van der Waals surface area contributed by atoms with Gasteiger partial charge in [-0.25, -0.2) is 5.14 Å². The first-order valence-electron chi connectivity index (χ1n) is 6.01. The van der Waals surface area contributed by atoms with Gasteiger partial charge in [0, 0.05) is 13.1 Å². The van der Waals surface area contributed by atoms with Gasteiger partial charge in [-0.3, -0.25) is 0 Å². The van der Waals surface area contributed by atoms with Crippen molar-refractivity contribution in [2.75, 3.05) is 20.2 Å². The van der Waals surface area contributed by atoms with Crippen LogP contribution in [0.2, 0.25) is 0 Å². The van der Waals surface area contributed by atoms with Crippen LogP contribution in [0.15, 0.2) is 24.3 Å². The maximum absolute atomic E-state index is 11.2. The van der Waals surface area contributed by atoms with E-state index in [1.807, 2.05) is 24.3 Å². The van der Waals surface area contributed by atoms with Crippen molar-refractivity contribution in [3.05, 3.63) is 29.8 Å². The highest BCUT2D eigenvalue weighted by molar-refractivity contribution is 7.86. The number of methoxy groups -OCH3 is 1. The molecule has 1 aromatic rings. The second-order valence-electron chi connectivity index (χ2n) is 4.47. The van der Waals surface area contributed by atoms with Crippen molar-refractivity contribution in [3.63, 3.8) is 0 Å². The Morgan fingerprint density at radius 3 is 2.58 bits per heavy atom. The molecule has 0 radical (unpaired) electrons. The van der Waals surface area contributed by atoms with Gasteiger partial charge >= 0.3 is 0 Å². The molecule has 106 valence electrons. The molecule has 1 fully saturated rings. The number of nitrogens with two attached hydrogens (primary N) is 1. The van der Waals surface area contributed by atoms with Crippen molar-refractivity contribution in [2.24, 2.45) is 5.14 Å². The molecule has 0 saturated carbocycles. The zero-order valence-corrected chi connectivity index (χ0v) is 11.6. The fraction of sp³-hybridized carbons (Fsp3) is 0.500. The summed E-state index contributed by atoms with van der Waals surface area (Å²) in [5.74, 6) is 0.796. The van der Waals surface area contributed by atoms with E-state index in [1.165, 1.54) is 4.31 Å². The quantitative estimate of drug-likeness (QED) is 0.854. The van der Waals surface area contributed by atoms with Gasteiger partial charge in [-0.15, -0.1) is 0 Å². The molecule has 0 spiro atoms. The highest BCUT2D eigenvalue weighted by Gasteiger charge is 2.29. The fourth-order valence-corrected chi connectivity index (χ4v) is 2.73. The van der Waals surface area contributed by atoms with Crippen LogP contribution in [0, 0.1) is 0 Å². The third-order valence-corrected chi connectivity index (χ3v) is 4.16. The van der Waals surface area contributed by atoms with Crippen LogP contribution in [0.5, 0.6) is 5.75 Å². The summed E-state index contributed by atoms with van der Waals surface area (Å²) in [5.41, 5.74) is 1.02. The average Bonchev–Trinajstić information content (AvgIpc) is 2.86. The van der Waals surface area contributed by atoms with E-state index in [2.05, 4.69) is 0 Å². The van der Waals surface area contributed by atoms with Crippen LogP contribution in [-0.4, -0.2) is 39.0 Å². The second kappa shape index (κ2) is 5.87. The molecule has 0 amide bonds. The molecule has 0 aliphatic carbocycles. The van der Waals surface area contributed by atoms with E-state index in [-0.39, 0.29) is 6.10 Å². The van der Waals surface area contributed by atoms with Crippen molar-refractivity contribution < 1.29 is 17.9 Å². The van der Waals surface area contributed by atoms with Gasteiger partial charge in [-0.2, -0.15) is 12.7 Å². The Labute approximate surface area is 113 Å². The maximum atomic E-state index is 11.2. The molecule has 0 bridgehead atoms. The van der Waals surface area contributed by atoms with Gasteiger partial charge in [0.25, 0.3) is 10.2 Å². The van der Waals surface area contributed by atoms with Crippen LogP contribution in [0.4, 0.5) is 0 Å². The molecular weight excluding hydrogens is 268 g/mol. The van der Waals surface area contributed by atoms with Crippen molar-refractivity contribution in [1.29, 1.82) is 0 Å². The lowest BCUT2D eigenvalue weighted by atomic mass is 10.2. The van der Waals surface area contributed by atoms with Crippen LogP contribution in [0.3, 0.4) is 0 Å². The van der Waals surface area contributed by atoms with Crippen molar-refractivity contribution in [2.45, 2.75) is 19.1 Å². The molecule has 1 aromatic carbocycles. The van der Waals surface area contributed by atoms with Crippen molar-refractivity contribution >= 4 is 10.2 Å². The molecule has 1 heterocycles. The SMILES string of the molecule is COc1ccc(CO[C@H]2CCN(S(N)(=O)=O)C2)cc1. The number of rotatable bonds is 5. The average molecular weight is 286 g/mol. The molecule has 0 unspecified atom stereocenters. The molecule has 2 N–H and O–H groups in total. The number of hydrogen-bond acceptors (Lipinski definition) is 4. The van der Waals surface area contributed by atoms with E-state index in [9.17, 15) is 8.42 Å². The minimum absolute atomic E-state index is 0.0968. The number of hydrogen-bond donors (Lipinski definition) is 1. The lowest BCUT2D eigenvalue weighted by molar-refractivity contribution is 0.0508. The minimum atomic E-state index is -3.59. The summed E-state index contributed by atoms with van der Waals surface area (Å²) in [6.45, 7) is 1.20. The van der Waals surface area contributed by atoms with Gasteiger partial charge in [0.15, 0.2) is 0 Å². The topological polar surface area (TPSA) is 81.9 Å². The van der Waals surface area contributed by atoms with Crippen LogP contribution >= 0.6 is 0 Å². The molecule has 0 aromatic heterocycles. The van der Waals surface area contributed by atoms with E-state index in [1.54, 1.807) is 7.11 Å². The molecule has 19 heavy (non-hydrogen) atoms. The first-order chi connectivity index (χ1) is 8.99. The Kier molecular flexibility index (Phi) is 4.41. The summed E-state index contributed by atoms with van der Waals surface area (Å²) in [6, 6.07) is 7.57.